The number of hydrogen-bond donors (Lipinski definition) is 2. The number of halogens is 1. The van der Waals surface area contributed by atoms with Gasteiger partial charge in [-0.15, -0.1) is 0 Å². The second kappa shape index (κ2) is 9.30. The number of amides is 1. The minimum atomic E-state index is -0.257. The zero-order chi connectivity index (χ0) is 24.6. The van der Waals surface area contributed by atoms with E-state index in [0.717, 1.165) is 47.4 Å². The molecule has 3 heterocycles. The Labute approximate surface area is 209 Å². The van der Waals surface area contributed by atoms with Crippen molar-refractivity contribution in [2.45, 2.75) is 44.4 Å². The van der Waals surface area contributed by atoms with Gasteiger partial charge in [0.25, 0.3) is 5.91 Å². The van der Waals surface area contributed by atoms with Gasteiger partial charge in [0.1, 0.15) is 17.0 Å². The number of aryl methyl sites for hydroxylation is 1. The van der Waals surface area contributed by atoms with Gasteiger partial charge in [-0.3, -0.25) is 4.79 Å². The van der Waals surface area contributed by atoms with E-state index in [1.165, 1.54) is 42.3 Å². The quantitative estimate of drug-likeness (QED) is 0.312. The highest BCUT2D eigenvalue weighted by atomic mass is 19.1. The molecule has 0 unspecified atom stereocenters. The molecule has 2 N–H and O–H groups in total. The molecule has 1 amide bonds. The first-order valence-corrected chi connectivity index (χ1v) is 12.8. The molecule has 1 aliphatic carbocycles. The number of imidazole rings is 1. The highest BCUT2D eigenvalue weighted by Crippen LogP contribution is 2.40. The van der Waals surface area contributed by atoms with E-state index in [-0.39, 0.29) is 11.7 Å². The largest absolute Gasteiger partial charge is 0.361 e. The van der Waals surface area contributed by atoms with Crippen molar-refractivity contribution in [1.82, 2.24) is 24.5 Å². The highest BCUT2D eigenvalue weighted by molar-refractivity contribution is 6.00. The van der Waals surface area contributed by atoms with Crippen molar-refractivity contribution in [3.8, 4) is 11.3 Å². The highest BCUT2D eigenvalue weighted by Gasteiger charge is 2.29. The third kappa shape index (κ3) is 3.88. The van der Waals surface area contributed by atoms with E-state index in [1.54, 1.807) is 6.20 Å². The lowest BCUT2D eigenvalue weighted by molar-refractivity contribution is 0.0955. The summed E-state index contributed by atoms with van der Waals surface area (Å²) in [7, 11) is 1.98. The van der Waals surface area contributed by atoms with E-state index in [2.05, 4.69) is 27.0 Å². The third-order valence-corrected chi connectivity index (χ3v) is 7.58. The van der Waals surface area contributed by atoms with Crippen LogP contribution in [0.5, 0.6) is 0 Å². The normalized spacial score (nSPS) is 14.6. The number of para-hydroxylation sites is 1. The molecule has 6 nitrogen and oxygen atoms in total. The number of rotatable bonds is 6. The summed E-state index contributed by atoms with van der Waals surface area (Å²) in [6.45, 7) is 0.531. The molecule has 2 aromatic carbocycles. The van der Waals surface area contributed by atoms with Crippen molar-refractivity contribution in [2.24, 2.45) is 7.05 Å². The van der Waals surface area contributed by atoms with E-state index in [4.69, 9.17) is 5.10 Å². The average molecular weight is 484 g/mol. The Hall–Kier alpha value is -3.87. The van der Waals surface area contributed by atoms with E-state index in [9.17, 15) is 9.18 Å². The number of hydrogen-bond acceptors (Lipinski definition) is 2. The predicted octanol–water partition coefficient (Wildman–Crippen LogP) is 5.98. The summed E-state index contributed by atoms with van der Waals surface area (Å²) in [6, 6.07) is 14.8. The number of aromatic amines is 1. The fourth-order valence-corrected chi connectivity index (χ4v) is 5.82. The first kappa shape index (κ1) is 22.6. The minimum Gasteiger partial charge on any atom is -0.361 e. The molecule has 6 rings (SSSR count). The minimum absolute atomic E-state index is 0.133. The number of nitrogens with one attached hydrogen (secondary N) is 2. The Kier molecular flexibility index (Phi) is 5.83. The molecule has 1 aliphatic rings. The number of carbonyl (C=O) groups excluding carboxylic acids is 1. The van der Waals surface area contributed by atoms with Crippen molar-refractivity contribution in [1.29, 1.82) is 0 Å². The van der Waals surface area contributed by atoms with Gasteiger partial charge in [-0.1, -0.05) is 37.5 Å². The Morgan fingerprint density at radius 2 is 1.89 bits per heavy atom. The molecule has 3 aromatic heterocycles. The zero-order valence-corrected chi connectivity index (χ0v) is 20.4. The molecule has 7 heteroatoms. The van der Waals surface area contributed by atoms with Gasteiger partial charge in [-0.05, 0) is 55.2 Å². The van der Waals surface area contributed by atoms with Crippen molar-refractivity contribution in [3.63, 3.8) is 0 Å². The Bertz CT molecular complexity index is 1540. The second-order valence-corrected chi connectivity index (χ2v) is 9.79. The van der Waals surface area contributed by atoms with E-state index in [0.29, 0.717) is 18.0 Å². The first-order chi connectivity index (χ1) is 17.6. The van der Waals surface area contributed by atoms with Gasteiger partial charge in [-0.2, -0.15) is 5.10 Å². The van der Waals surface area contributed by atoms with Gasteiger partial charge < -0.3 is 14.9 Å². The van der Waals surface area contributed by atoms with E-state index in [1.807, 2.05) is 42.0 Å². The summed E-state index contributed by atoms with van der Waals surface area (Å²) < 4.78 is 17.7. The lowest BCUT2D eigenvalue weighted by atomic mass is 9.85. The van der Waals surface area contributed by atoms with Crippen LogP contribution >= 0.6 is 0 Å². The molecule has 0 bridgehead atoms. The number of nitrogens with zero attached hydrogens (tertiary/aromatic N) is 3. The number of benzene rings is 2. The zero-order valence-electron chi connectivity index (χ0n) is 20.4. The van der Waals surface area contributed by atoms with Gasteiger partial charge in [0, 0.05) is 42.2 Å². The maximum atomic E-state index is 13.7. The van der Waals surface area contributed by atoms with Crippen LogP contribution in [-0.2, 0) is 13.5 Å². The molecule has 0 atom stereocenters. The summed E-state index contributed by atoms with van der Waals surface area (Å²) >= 11 is 0. The first-order valence-electron chi connectivity index (χ1n) is 12.8. The van der Waals surface area contributed by atoms with Crippen LogP contribution in [0.15, 0.2) is 60.9 Å². The molecule has 0 aliphatic heterocycles. The van der Waals surface area contributed by atoms with Crippen LogP contribution < -0.4 is 5.32 Å². The Morgan fingerprint density at radius 1 is 1.11 bits per heavy atom. The van der Waals surface area contributed by atoms with Crippen LogP contribution in [0, 0.1) is 5.82 Å². The van der Waals surface area contributed by atoms with Crippen LogP contribution in [0.25, 0.3) is 27.8 Å². The van der Waals surface area contributed by atoms with Gasteiger partial charge in [0.05, 0.1) is 17.6 Å². The van der Waals surface area contributed by atoms with Crippen molar-refractivity contribution in [2.75, 3.05) is 6.54 Å². The summed E-state index contributed by atoms with van der Waals surface area (Å²) in [4.78, 5) is 16.6. The number of fused-ring (bicyclic) bond motifs is 2. The van der Waals surface area contributed by atoms with Crippen LogP contribution in [0.4, 0.5) is 4.39 Å². The summed E-state index contributed by atoms with van der Waals surface area (Å²) in [5, 5.41) is 8.97. The summed E-state index contributed by atoms with van der Waals surface area (Å²) in [5.41, 5.74) is 6.69. The average Bonchev–Trinajstić information content (AvgIpc) is 3.59. The molecule has 0 spiro atoms. The van der Waals surface area contributed by atoms with Crippen LogP contribution in [0.3, 0.4) is 0 Å². The second-order valence-electron chi connectivity index (χ2n) is 9.79. The van der Waals surface area contributed by atoms with Crippen molar-refractivity contribution >= 4 is 22.5 Å². The summed E-state index contributed by atoms with van der Waals surface area (Å²) in [6.07, 6.45) is 10.2. The molecular formula is C29H30FN5O. The Balaban J connectivity index is 1.32. The number of H-pyrrole nitrogens is 1. The monoisotopic (exact) mass is 483 g/mol. The molecular weight excluding hydrogens is 453 g/mol. The van der Waals surface area contributed by atoms with Gasteiger partial charge in [0.15, 0.2) is 0 Å². The molecule has 0 saturated heterocycles. The maximum Gasteiger partial charge on any atom is 0.256 e. The van der Waals surface area contributed by atoms with E-state index >= 15 is 0 Å². The van der Waals surface area contributed by atoms with Gasteiger partial charge in [0.2, 0.25) is 0 Å². The lowest BCUT2D eigenvalue weighted by Crippen LogP contribution is -2.25. The topological polar surface area (TPSA) is 67.1 Å². The fraction of sp³-hybridized carbons (Fsp3) is 0.310. The van der Waals surface area contributed by atoms with Crippen LogP contribution in [-0.4, -0.2) is 31.6 Å². The summed E-state index contributed by atoms with van der Waals surface area (Å²) in [5.74, 6) is -0.0290. The SMILES string of the molecule is Cn1c(-c2ccc(F)cc2)c(C2CCCCC2)n2ncc(C(=O)NCCc3c[nH]c4ccccc34)c12. The predicted molar refractivity (Wildman–Crippen MR) is 140 cm³/mol. The maximum absolute atomic E-state index is 13.7. The molecule has 0 radical (unpaired) electrons. The lowest BCUT2D eigenvalue weighted by Gasteiger charge is -2.22. The van der Waals surface area contributed by atoms with Gasteiger partial charge >= 0.3 is 0 Å². The third-order valence-electron chi connectivity index (χ3n) is 7.58. The van der Waals surface area contributed by atoms with Crippen molar-refractivity contribution in [3.05, 3.63) is 83.6 Å². The molecule has 1 saturated carbocycles. The molecule has 184 valence electrons. The number of carbonyl (C=O) groups is 1. The molecule has 36 heavy (non-hydrogen) atoms. The van der Waals surface area contributed by atoms with Gasteiger partial charge in [-0.25, -0.2) is 8.91 Å². The van der Waals surface area contributed by atoms with E-state index < -0.39 is 0 Å². The molecule has 5 aromatic rings. The number of aromatic nitrogens is 4. The van der Waals surface area contributed by atoms with Crippen molar-refractivity contribution < 1.29 is 9.18 Å². The van der Waals surface area contributed by atoms with Crippen LogP contribution in [0.1, 0.15) is 59.6 Å². The van der Waals surface area contributed by atoms with Crippen LogP contribution in [0.2, 0.25) is 0 Å². The standard InChI is InChI=1S/C29H30FN5O/c1-34-26(20-11-13-22(30)14-12-20)27(19-7-3-2-4-8-19)35-29(34)24(18-33-35)28(36)31-16-15-21-17-32-25-10-6-5-9-23(21)25/h5-6,9-14,17-19,32H,2-4,7-8,15-16H2,1H3,(H,31,36). The Morgan fingerprint density at radius 3 is 2.69 bits per heavy atom. The fourth-order valence-electron chi connectivity index (χ4n) is 5.82. The molecule has 1 fully saturated rings. The smallest absolute Gasteiger partial charge is 0.256 e.